The van der Waals surface area contributed by atoms with Gasteiger partial charge >= 0.3 is 0 Å². The van der Waals surface area contributed by atoms with Crippen LogP contribution in [-0.4, -0.2) is 56.8 Å². The van der Waals surface area contributed by atoms with Crippen molar-refractivity contribution < 1.29 is 19.1 Å². The highest BCUT2D eigenvalue weighted by Crippen LogP contribution is 2.15. The van der Waals surface area contributed by atoms with Gasteiger partial charge in [0, 0.05) is 26.8 Å². The van der Waals surface area contributed by atoms with E-state index < -0.39 is 11.7 Å². The van der Waals surface area contributed by atoms with Gasteiger partial charge < -0.3 is 19.6 Å². The van der Waals surface area contributed by atoms with Gasteiger partial charge in [0.1, 0.15) is 5.82 Å². The predicted molar refractivity (Wildman–Crippen MR) is 111 cm³/mol. The van der Waals surface area contributed by atoms with Gasteiger partial charge in [-0.2, -0.15) is 0 Å². The Labute approximate surface area is 179 Å². The van der Waals surface area contributed by atoms with E-state index in [1.807, 2.05) is 30.3 Å². The summed E-state index contributed by atoms with van der Waals surface area (Å²) in [5.41, 5.74) is 1.84. The summed E-state index contributed by atoms with van der Waals surface area (Å²) in [6.45, 7) is 1.58. The largest absolute Gasteiger partial charge is 0.389 e. The van der Waals surface area contributed by atoms with Crippen molar-refractivity contribution in [1.29, 1.82) is 0 Å². The summed E-state index contributed by atoms with van der Waals surface area (Å²) < 4.78 is 11.7. The smallest absolute Gasteiger partial charge is 0.285 e. The molecule has 2 heterocycles. The molecule has 0 bridgehead atoms. The molecule has 3 aromatic rings. The first-order chi connectivity index (χ1) is 15.0. The average Bonchev–Trinajstić information content (AvgIpc) is 3.22. The molecule has 31 heavy (non-hydrogen) atoms. The lowest BCUT2D eigenvalue weighted by atomic mass is 10.1. The maximum Gasteiger partial charge on any atom is 0.285 e. The van der Waals surface area contributed by atoms with E-state index >= 15 is 0 Å². The summed E-state index contributed by atoms with van der Waals surface area (Å²) in [4.78, 5) is 22.3. The van der Waals surface area contributed by atoms with Crippen LogP contribution in [0.4, 0.5) is 5.82 Å². The number of rotatable bonds is 9. The number of carbonyl (C=O) groups is 1. The number of hydrogen-bond acceptors (Lipinski definition) is 9. The van der Waals surface area contributed by atoms with Crippen LogP contribution in [-0.2, 0) is 32.8 Å². The summed E-state index contributed by atoms with van der Waals surface area (Å²) in [7, 11) is 4.49. The van der Waals surface area contributed by atoms with E-state index in [4.69, 9.17) is 14.3 Å². The van der Waals surface area contributed by atoms with Crippen LogP contribution in [0.15, 0.2) is 53.7 Å². The van der Waals surface area contributed by atoms with Gasteiger partial charge in [0.05, 0.1) is 5.69 Å². The molecule has 0 aliphatic heterocycles. The standard InChI is InChI=1S/C20H23N7O4/c1-20(29-3,30-4)19(28)22-16-12-8-11-15(21-16)13-31-24-17(14-9-6-5-7-10-14)18-23-25-26-27(18)2/h5-12H,13H2,1-4H3,(H,21,22,28). The number of hydrogen-bond donors (Lipinski definition) is 1. The minimum Gasteiger partial charge on any atom is -0.389 e. The molecule has 0 atom stereocenters. The fourth-order valence-corrected chi connectivity index (χ4v) is 2.54. The number of aromatic nitrogens is 5. The molecule has 11 nitrogen and oxygen atoms in total. The normalized spacial score (nSPS) is 11.9. The third-order valence-corrected chi connectivity index (χ3v) is 4.49. The second-order valence-corrected chi connectivity index (χ2v) is 6.53. The zero-order chi connectivity index (χ0) is 22.3. The maximum absolute atomic E-state index is 12.4. The highest BCUT2D eigenvalue weighted by atomic mass is 16.7. The number of nitrogens with zero attached hydrogens (tertiary/aromatic N) is 6. The second kappa shape index (κ2) is 9.87. The number of pyridine rings is 1. The van der Waals surface area contributed by atoms with Gasteiger partial charge in [-0.15, -0.1) is 5.10 Å². The highest BCUT2D eigenvalue weighted by Gasteiger charge is 2.33. The molecule has 0 unspecified atom stereocenters. The van der Waals surface area contributed by atoms with Crippen LogP contribution in [0.1, 0.15) is 24.0 Å². The van der Waals surface area contributed by atoms with Crippen LogP contribution >= 0.6 is 0 Å². The fraction of sp³-hybridized carbons (Fsp3) is 0.300. The molecule has 1 aromatic carbocycles. The van der Waals surface area contributed by atoms with Gasteiger partial charge in [-0.1, -0.05) is 41.6 Å². The number of tetrazole rings is 1. The third kappa shape index (κ3) is 5.27. The van der Waals surface area contributed by atoms with Crippen molar-refractivity contribution in [2.24, 2.45) is 12.2 Å². The monoisotopic (exact) mass is 425 g/mol. The molecule has 1 N–H and O–H groups in total. The van der Waals surface area contributed by atoms with Crippen molar-refractivity contribution in [1.82, 2.24) is 25.2 Å². The van der Waals surface area contributed by atoms with E-state index in [1.165, 1.54) is 25.8 Å². The lowest BCUT2D eigenvalue weighted by molar-refractivity contribution is -0.196. The van der Waals surface area contributed by atoms with Crippen molar-refractivity contribution >= 4 is 17.4 Å². The Balaban J connectivity index is 1.74. The molecule has 0 aliphatic rings. The van der Waals surface area contributed by atoms with E-state index in [0.29, 0.717) is 23.0 Å². The van der Waals surface area contributed by atoms with Gasteiger partial charge in [-0.25, -0.2) is 9.67 Å². The molecule has 0 fully saturated rings. The third-order valence-electron chi connectivity index (χ3n) is 4.49. The summed E-state index contributed by atoms with van der Waals surface area (Å²) in [6.07, 6.45) is 0. The van der Waals surface area contributed by atoms with Crippen molar-refractivity contribution in [2.75, 3.05) is 19.5 Å². The van der Waals surface area contributed by atoms with Crippen molar-refractivity contribution in [3.8, 4) is 0 Å². The maximum atomic E-state index is 12.4. The Bertz CT molecular complexity index is 1050. The molecule has 0 spiro atoms. The van der Waals surface area contributed by atoms with Gasteiger partial charge in [0.15, 0.2) is 12.3 Å². The predicted octanol–water partition coefficient (Wildman–Crippen LogP) is 1.52. The Morgan fingerprint density at radius 2 is 1.87 bits per heavy atom. The quantitative estimate of drug-likeness (QED) is 0.311. The van der Waals surface area contributed by atoms with Crippen LogP contribution in [0.25, 0.3) is 0 Å². The first-order valence-corrected chi connectivity index (χ1v) is 9.32. The van der Waals surface area contributed by atoms with Crippen LogP contribution in [0, 0.1) is 0 Å². The first kappa shape index (κ1) is 22.0. The van der Waals surface area contributed by atoms with Gasteiger partial charge in [0.2, 0.25) is 11.6 Å². The van der Waals surface area contributed by atoms with E-state index in [2.05, 4.69) is 31.0 Å². The van der Waals surface area contributed by atoms with Crippen LogP contribution < -0.4 is 5.32 Å². The van der Waals surface area contributed by atoms with Gasteiger partial charge in [-0.3, -0.25) is 4.79 Å². The SMILES string of the molecule is COC(C)(OC)C(=O)Nc1cccc(CON=C(c2ccccc2)c2nnnn2C)n1. The Hall–Kier alpha value is -3.70. The number of aryl methyl sites for hydroxylation is 1. The van der Waals surface area contributed by atoms with Crippen LogP contribution in [0.5, 0.6) is 0 Å². The number of amides is 1. The summed E-state index contributed by atoms with van der Waals surface area (Å²) in [5, 5.41) is 18.4. The van der Waals surface area contributed by atoms with Crippen molar-refractivity contribution in [2.45, 2.75) is 19.3 Å². The number of anilines is 1. The van der Waals surface area contributed by atoms with E-state index in [-0.39, 0.29) is 6.61 Å². The average molecular weight is 425 g/mol. The molecular weight excluding hydrogens is 402 g/mol. The van der Waals surface area contributed by atoms with E-state index in [0.717, 1.165) is 5.56 Å². The Kier molecular flexibility index (Phi) is 7.00. The number of oxime groups is 1. The lowest BCUT2D eigenvalue weighted by Crippen LogP contribution is -2.43. The number of nitrogens with one attached hydrogen (secondary N) is 1. The summed E-state index contributed by atoms with van der Waals surface area (Å²) in [5.74, 6) is -1.12. The van der Waals surface area contributed by atoms with Gasteiger partial charge in [0.25, 0.3) is 5.91 Å². The zero-order valence-electron chi connectivity index (χ0n) is 17.6. The molecule has 0 aliphatic carbocycles. The first-order valence-electron chi connectivity index (χ1n) is 9.32. The van der Waals surface area contributed by atoms with Gasteiger partial charge in [-0.05, 0) is 29.5 Å². The molecule has 0 saturated heterocycles. The molecule has 11 heteroatoms. The number of ether oxygens (including phenoxy) is 2. The molecule has 1 amide bonds. The van der Waals surface area contributed by atoms with Crippen LogP contribution in [0.2, 0.25) is 0 Å². The fourth-order valence-electron chi connectivity index (χ4n) is 2.54. The number of methoxy groups -OCH3 is 2. The van der Waals surface area contributed by atoms with Crippen molar-refractivity contribution in [3.05, 3.63) is 65.6 Å². The molecule has 3 rings (SSSR count). The molecule has 2 aromatic heterocycles. The van der Waals surface area contributed by atoms with E-state index in [9.17, 15) is 4.79 Å². The molecule has 0 radical (unpaired) electrons. The number of carbonyl (C=O) groups excluding carboxylic acids is 1. The molecular formula is C20H23N7O4. The summed E-state index contributed by atoms with van der Waals surface area (Å²) in [6, 6.07) is 14.6. The molecule has 162 valence electrons. The minimum atomic E-state index is -1.42. The second-order valence-electron chi connectivity index (χ2n) is 6.53. The Morgan fingerprint density at radius 1 is 1.13 bits per heavy atom. The van der Waals surface area contributed by atoms with E-state index in [1.54, 1.807) is 25.2 Å². The topological polar surface area (TPSA) is 126 Å². The minimum absolute atomic E-state index is 0.0666. The number of benzene rings is 1. The summed E-state index contributed by atoms with van der Waals surface area (Å²) >= 11 is 0. The van der Waals surface area contributed by atoms with Crippen molar-refractivity contribution in [3.63, 3.8) is 0 Å². The Morgan fingerprint density at radius 3 is 2.52 bits per heavy atom. The zero-order valence-corrected chi connectivity index (χ0v) is 17.6. The van der Waals surface area contributed by atoms with Crippen LogP contribution in [0.3, 0.4) is 0 Å². The lowest BCUT2D eigenvalue weighted by Gasteiger charge is -2.24. The molecule has 0 saturated carbocycles. The highest BCUT2D eigenvalue weighted by molar-refractivity contribution is 6.10.